The number of nitrogens with zero attached hydrogens (tertiary/aromatic N) is 1. The number of halogens is 1. The first-order valence-corrected chi connectivity index (χ1v) is 10.6. The number of carbonyl (C=O) groups is 1. The quantitative estimate of drug-likeness (QED) is 0.784. The van der Waals surface area contributed by atoms with Crippen LogP contribution >= 0.6 is 15.9 Å². The molecule has 1 atom stereocenters. The minimum Gasteiger partial charge on any atom is -0.309 e. The van der Waals surface area contributed by atoms with Gasteiger partial charge >= 0.3 is 0 Å². The molecule has 7 heteroatoms. The Hall–Kier alpha value is -1.86. The number of fused-ring (bicyclic) bond motifs is 1. The summed E-state index contributed by atoms with van der Waals surface area (Å²) in [6.07, 6.45) is 0.707. The number of benzene rings is 2. The SMILES string of the molecule is CC(=O)N1c2cc(S(=O)(=O)Nc3ccc(C)c(C)c3)c(Br)cc2C[C@@H]1C. The van der Waals surface area contributed by atoms with E-state index in [1.165, 1.54) is 6.92 Å². The van der Waals surface area contributed by atoms with Crippen LogP contribution in [-0.2, 0) is 21.2 Å². The Kier molecular flexibility index (Phi) is 4.88. The first-order valence-electron chi connectivity index (χ1n) is 8.32. The first-order chi connectivity index (χ1) is 12.1. The molecular weight excluding hydrogens is 416 g/mol. The third-order valence-electron chi connectivity index (χ3n) is 4.74. The summed E-state index contributed by atoms with van der Waals surface area (Å²) in [6, 6.07) is 8.81. The van der Waals surface area contributed by atoms with Crippen LogP contribution in [0.1, 0.15) is 30.5 Å². The molecule has 0 radical (unpaired) electrons. The van der Waals surface area contributed by atoms with Gasteiger partial charge < -0.3 is 4.90 Å². The molecule has 0 saturated heterocycles. The average Bonchev–Trinajstić information content (AvgIpc) is 2.84. The van der Waals surface area contributed by atoms with Crippen LogP contribution in [0.3, 0.4) is 0 Å². The molecule has 0 bridgehead atoms. The number of nitrogens with one attached hydrogen (secondary N) is 1. The fraction of sp³-hybridized carbons (Fsp3) is 0.316. The van der Waals surface area contributed by atoms with Gasteiger partial charge in [-0.2, -0.15) is 0 Å². The maximum Gasteiger partial charge on any atom is 0.263 e. The molecule has 0 fully saturated rings. The van der Waals surface area contributed by atoms with Crippen molar-refractivity contribution in [2.75, 3.05) is 9.62 Å². The lowest BCUT2D eigenvalue weighted by Gasteiger charge is -2.21. The number of anilines is 2. The summed E-state index contributed by atoms with van der Waals surface area (Å²) in [5, 5.41) is 0. The third kappa shape index (κ3) is 3.38. The van der Waals surface area contributed by atoms with Gasteiger partial charge in [0, 0.05) is 28.8 Å². The van der Waals surface area contributed by atoms with Gasteiger partial charge in [-0.1, -0.05) is 6.07 Å². The molecule has 2 aromatic carbocycles. The number of carbonyl (C=O) groups excluding carboxylic acids is 1. The van der Waals surface area contributed by atoms with Crippen molar-refractivity contribution in [3.05, 3.63) is 51.5 Å². The highest BCUT2D eigenvalue weighted by atomic mass is 79.9. The monoisotopic (exact) mass is 436 g/mol. The van der Waals surface area contributed by atoms with Gasteiger partial charge in [0.15, 0.2) is 0 Å². The van der Waals surface area contributed by atoms with Gasteiger partial charge in [0.2, 0.25) is 5.91 Å². The predicted molar refractivity (Wildman–Crippen MR) is 107 cm³/mol. The molecule has 2 aromatic rings. The minimum absolute atomic E-state index is 0.0139. The number of rotatable bonds is 3. The summed E-state index contributed by atoms with van der Waals surface area (Å²) >= 11 is 3.38. The molecule has 1 heterocycles. The van der Waals surface area contributed by atoms with E-state index in [-0.39, 0.29) is 16.8 Å². The molecule has 0 saturated carbocycles. The number of hydrogen-bond donors (Lipinski definition) is 1. The summed E-state index contributed by atoms with van der Waals surface area (Å²) in [5.41, 5.74) is 4.24. The van der Waals surface area contributed by atoms with E-state index in [0.29, 0.717) is 22.3 Å². The molecule has 26 heavy (non-hydrogen) atoms. The Labute approximate surface area is 162 Å². The maximum atomic E-state index is 12.9. The topological polar surface area (TPSA) is 66.5 Å². The Morgan fingerprint density at radius 2 is 1.88 bits per heavy atom. The number of amides is 1. The van der Waals surface area contributed by atoms with E-state index in [0.717, 1.165) is 16.7 Å². The largest absolute Gasteiger partial charge is 0.309 e. The number of sulfonamides is 1. The highest BCUT2D eigenvalue weighted by Crippen LogP contribution is 2.38. The molecule has 3 rings (SSSR count). The molecule has 1 N–H and O–H groups in total. The van der Waals surface area contributed by atoms with Crippen LogP contribution in [0.2, 0.25) is 0 Å². The normalized spacial score (nSPS) is 16.5. The molecule has 1 aliphatic heterocycles. The van der Waals surface area contributed by atoms with Gasteiger partial charge in [-0.25, -0.2) is 8.42 Å². The lowest BCUT2D eigenvalue weighted by molar-refractivity contribution is -0.116. The van der Waals surface area contributed by atoms with Gasteiger partial charge in [-0.05, 0) is 84.1 Å². The van der Waals surface area contributed by atoms with Crippen molar-refractivity contribution in [3.8, 4) is 0 Å². The molecule has 1 amide bonds. The Bertz CT molecular complexity index is 1000. The molecule has 0 aliphatic carbocycles. The summed E-state index contributed by atoms with van der Waals surface area (Å²) in [5.74, 6) is -0.0935. The molecule has 0 spiro atoms. The van der Waals surface area contributed by atoms with Gasteiger partial charge in [0.25, 0.3) is 10.0 Å². The zero-order chi connectivity index (χ0) is 19.2. The van der Waals surface area contributed by atoms with Crippen molar-refractivity contribution in [3.63, 3.8) is 0 Å². The van der Waals surface area contributed by atoms with Gasteiger partial charge in [-0.3, -0.25) is 9.52 Å². The second-order valence-corrected chi connectivity index (χ2v) is 9.26. The molecule has 138 valence electrons. The Balaban J connectivity index is 2.03. The molecule has 5 nitrogen and oxygen atoms in total. The van der Waals surface area contributed by atoms with Crippen molar-refractivity contribution >= 4 is 43.2 Å². The maximum absolute atomic E-state index is 12.9. The lowest BCUT2D eigenvalue weighted by Crippen LogP contribution is -2.33. The number of aryl methyl sites for hydroxylation is 2. The van der Waals surface area contributed by atoms with Crippen LogP contribution in [0.15, 0.2) is 39.7 Å². The zero-order valence-electron chi connectivity index (χ0n) is 15.1. The predicted octanol–water partition coefficient (Wildman–Crippen LogP) is 4.16. The van der Waals surface area contributed by atoms with Crippen molar-refractivity contribution in [1.82, 2.24) is 0 Å². The standard InChI is InChI=1S/C19H21BrN2O3S/c1-11-5-6-16(7-12(11)2)21-26(24,25)19-10-18-15(9-17(19)20)8-13(3)22(18)14(4)23/h5-7,9-10,13,21H,8H2,1-4H3/t13-/m0/s1. The van der Waals surface area contributed by atoms with Gasteiger partial charge in [0.1, 0.15) is 4.90 Å². The third-order valence-corrected chi connectivity index (χ3v) is 7.08. The van der Waals surface area contributed by atoms with Crippen molar-refractivity contribution in [2.24, 2.45) is 0 Å². The Morgan fingerprint density at radius 3 is 2.50 bits per heavy atom. The van der Waals surface area contributed by atoms with E-state index < -0.39 is 10.0 Å². The minimum atomic E-state index is -3.80. The average molecular weight is 437 g/mol. The highest BCUT2D eigenvalue weighted by Gasteiger charge is 2.32. The van der Waals surface area contributed by atoms with Crippen LogP contribution in [0.4, 0.5) is 11.4 Å². The molecular formula is C19H21BrN2O3S. The first kappa shape index (κ1) is 18.9. The zero-order valence-corrected chi connectivity index (χ0v) is 17.5. The number of hydrogen-bond acceptors (Lipinski definition) is 3. The summed E-state index contributed by atoms with van der Waals surface area (Å²) in [6.45, 7) is 7.36. The van der Waals surface area contributed by atoms with Crippen LogP contribution in [-0.4, -0.2) is 20.4 Å². The second kappa shape index (κ2) is 6.70. The van der Waals surface area contributed by atoms with Crippen molar-refractivity contribution < 1.29 is 13.2 Å². The second-order valence-electron chi connectivity index (χ2n) is 6.76. The van der Waals surface area contributed by atoms with E-state index in [1.54, 1.807) is 29.2 Å². The van der Waals surface area contributed by atoms with E-state index in [1.807, 2.05) is 26.8 Å². The van der Waals surface area contributed by atoms with Gasteiger partial charge in [-0.15, -0.1) is 0 Å². The Morgan fingerprint density at radius 1 is 1.19 bits per heavy atom. The summed E-state index contributed by atoms with van der Waals surface area (Å²) in [4.78, 5) is 13.7. The van der Waals surface area contributed by atoms with Crippen LogP contribution in [0.25, 0.3) is 0 Å². The molecule has 1 aliphatic rings. The van der Waals surface area contributed by atoms with Crippen molar-refractivity contribution in [2.45, 2.75) is 45.1 Å². The van der Waals surface area contributed by atoms with E-state index in [4.69, 9.17) is 0 Å². The fourth-order valence-corrected chi connectivity index (χ4v) is 5.48. The van der Waals surface area contributed by atoms with E-state index >= 15 is 0 Å². The highest BCUT2D eigenvalue weighted by molar-refractivity contribution is 9.10. The van der Waals surface area contributed by atoms with E-state index in [2.05, 4.69) is 20.7 Å². The summed E-state index contributed by atoms with van der Waals surface area (Å²) < 4.78 is 29.0. The van der Waals surface area contributed by atoms with Crippen LogP contribution < -0.4 is 9.62 Å². The van der Waals surface area contributed by atoms with Crippen molar-refractivity contribution in [1.29, 1.82) is 0 Å². The van der Waals surface area contributed by atoms with Crippen LogP contribution in [0.5, 0.6) is 0 Å². The smallest absolute Gasteiger partial charge is 0.263 e. The fourth-order valence-electron chi connectivity index (χ4n) is 3.32. The molecule has 0 unspecified atom stereocenters. The molecule has 0 aromatic heterocycles. The lowest BCUT2D eigenvalue weighted by atomic mass is 10.1. The van der Waals surface area contributed by atoms with Crippen LogP contribution in [0, 0.1) is 13.8 Å². The van der Waals surface area contributed by atoms with Gasteiger partial charge in [0.05, 0.1) is 0 Å². The van der Waals surface area contributed by atoms with E-state index in [9.17, 15) is 13.2 Å². The summed E-state index contributed by atoms with van der Waals surface area (Å²) in [7, 11) is -3.80.